The maximum Gasteiger partial charge on any atom is 0.279 e. The van der Waals surface area contributed by atoms with Gasteiger partial charge in [-0.15, -0.1) is 5.10 Å². The van der Waals surface area contributed by atoms with Crippen molar-refractivity contribution in [1.82, 2.24) is 30.0 Å². The highest BCUT2D eigenvalue weighted by molar-refractivity contribution is 7.11. The van der Waals surface area contributed by atoms with Crippen molar-refractivity contribution in [2.75, 3.05) is 32.6 Å². The lowest BCUT2D eigenvalue weighted by Gasteiger charge is -2.38. The standard InChI is InChI=1S/C29H24FN7O5S/c1-4-27(38)37-12-18(13-37)41-26-9-19-22(10-25(26)40-3)31-15-32-28(19)34-21-6-5-16(7-20(21)30)42-29-35-24(14-43-29)23-8-17(39-2)11-33-36-23/h4-11,14-15,18H,1,12-13H2,2-3H3,(H,31,32,34). The topological polar surface area (TPSA) is 134 Å². The summed E-state index contributed by atoms with van der Waals surface area (Å²) in [6.07, 6.45) is 3.93. The Morgan fingerprint density at radius 3 is 2.72 bits per heavy atom. The summed E-state index contributed by atoms with van der Waals surface area (Å²) >= 11 is 1.24. The van der Waals surface area contributed by atoms with Gasteiger partial charge in [-0.05, 0) is 24.3 Å². The average molecular weight is 602 g/mol. The van der Waals surface area contributed by atoms with Crippen LogP contribution in [0.5, 0.6) is 28.2 Å². The van der Waals surface area contributed by atoms with Crippen LogP contribution in [0.4, 0.5) is 15.9 Å². The molecular formula is C29H24FN7O5S. The molecule has 0 aliphatic carbocycles. The minimum Gasteiger partial charge on any atom is -0.495 e. The summed E-state index contributed by atoms with van der Waals surface area (Å²) < 4.78 is 37.8. The summed E-state index contributed by atoms with van der Waals surface area (Å²) in [5, 5.41) is 13.7. The van der Waals surface area contributed by atoms with Gasteiger partial charge < -0.3 is 29.2 Å². The second kappa shape index (κ2) is 11.9. The van der Waals surface area contributed by atoms with Crippen LogP contribution in [-0.4, -0.2) is 69.4 Å². The molecule has 0 atom stereocenters. The summed E-state index contributed by atoms with van der Waals surface area (Å²) in [5.74, 6) is 1.40. The van der Waals surface area contributed by atoms with E-state index in [1.54, 1.807) is 47.7 Å². The van der Waals surface area contributed by atoms with E-state index in [0.717, 1.165) is 0 Å². The Balaban J connectivity index is 1.19. The number of nitrogens with zero attached hydrogens (tertiary/aromatic N) is 6. The normalized spacial score (nSPS) is 12.9. The second-order valence-electron chi connectivity index (χ2n) is 9.28. The number of amides is 1. The third kappa shape index (κ3) is 5.85. The fourth-order valence-electron chi connectivity index (χ4n) is 4.31. The molecule has 1 amide bonds. The summed E-state index contributed by atoms with van der Waals surface area (Å²) in [4.78, 5) is 26.5. The highest BCUT2D eigenvalue weighted by atomic mass is 32.1. The predicted octanol–water partition coefficient (Wildman–Crippen LogP) is 5.01. The van der Waals surface area contributed by atoms with Crippen LogP contribution in [0.15, 0.2) is 67.0 Å². The van der Waals surface area contributed by atoms with Crippen molar-refractivity contribution in [1.29, 1.82) is 0 Å². The molecule has 1 saturated heterocycles. The van der Waals surface area contributed by atoms with Crippen LogP contribution in [0.1, 0.15) is 0 Å². The minimum atomic E-state index is -0.564. The van der Waals surface area contributed by atoms with Gasteiger partial charge in [0, 0.05) is 29.0 Å². The molecule has 6 rings (SSSR count). The molecule has 1 aliphatic rings. The Labute approximate surface area is 248 Å². The number of methoxy groups -OCH3 is 2. The number of nitrogens with one attached hydrogen (secondary N) is 1. The number of thiazole rings is 1. The van der Waals surface area contributed by atoms with E-state index in [2.05, 4.69) is 37.0 Å². The van der Waals surface area contributed by atoms with Crippen LogP contribution in [0, 0.1) is 5.82 Å². The quantitative estimate of drug-likeness (QED) is 0.217. The summed E-state index contributed by atoms with van der Waals surface area (Å²) in [6, 6.07) is 9.57. The molecule has 0 saturated carbocycles. The van der Waals surface area contributed by atoms with Crippen molar-refractivity contribution in [2.24, 2.45) is 0 Å². The number of ether oxygens (including phenoxy) is 4. The molecule has 1 N–H and O–H groups in total. The molecule has 0 bridgehead atoms. The number of carbonyl (C=O) groups is 1. The Morgan fingerprint density at radius 1 is 1.09 bits per heavy atom. The number of aromatic nitrogens is 5. The summed E-state index contributed by atoms with van der Waals surface area (Å²) in [5.41, 5.74) is 1.83. The van der Waals surface area contributed by atoms with Crippen molar-refractivity contribution in [2.45, 2.75) is 6.10 Å². The van der Waals surface area contributed by atoms with Crippen LogP contribution in [-0.2, 0) is 4.79 Å². The van der Waals surface area contributed by atoms with E-state index in [1.807, 2.05) is 0 Å². The van der Waals surface area contributed by atoms with E-state index < -0.39 is 5.82 Å². The zero-order valence-electron chi connectivity index (χ0n) is 23.0. The number of hydrogen-bond acceptors (Lipinski definition) is 12. The molecule has 43 heavy (non-hydrogen) atoms. The number of fused-ring (bicyclic) bond motifs is 1. The molecule has 218 valence electrons. The van der Waals surface area contributed by atoms with Gasteiger partial charge in [0.15, 0.2) is 11.5 Å². The first kappa shape index (κ1) is 27.8. The summed E-state index contributed by atoms with van der Waals surface area (Å²) in [7, 11) is 3.07. The highest BCUT2D eigenvalue weighted by Gasteiger charge is 2.31. The fourth-order valence-corrected chi connectivity index (χ4v) is 4.99. The lowest BCUT2D eigenvalue weighted by atomic mass is 10.1. The SMILES string of the molecule is C=CC(=O)N1CC(Oc2cc3c(Nc4ccc(Oc5nc(-c6cc(OC)cnn6)cs5)cc4F)ncnc3cc2OC)C1. The van der Waals surface area contributed by atoms with Gasteiger partial charge >= 0.3 is 0 Å². The smallest absolute Gasteiger partial charge is 0.279 e. The molecule has 0 unspecified atom stereocenters. The molecule has 14 heteroatoms. The Morgan fingerprint density at radius 2 is 1.95 bits per heavy atom. The van der Waals surface area contributed by atoms with Gasteiger partial charge in [0.2, 0.25) is 5.91 Å². The first-order chi connectivity index (χ1) is 20.9. The number of hydrogen-bond donors (Lipinski definition) is 1. The van der Waals surface area contributed by atoms with Gasteiger partial charge in [-0.25, -0.2) is 19.3 Å². The van der Waals surface area contributed by atoms with Gasteiger partial charge in [0.1, 0.15) is 47.0 Å². The van der Waals surface area contributed by atoms with Crippen molar-refractivity contribution < 1.29 is 28.1 Å². The zero-order chi connectivity index (χ0) is 29.9. The molecule has 1 fully saturated rings. The van der Waals surface area contributed by atoms with Crippen molar-refractivity contribution >= 4 is 39.7 Å². The molecule has 1 aliphatic heterocycles. The van der Waals surface area contributed by atoms with Gasteiger partial charge in [-0.2, -0.15) is 5.10 Å². The first-order valence-electron chi connectivity index (χ1n) is 12.9. The molecule has 0 radical (unpaired) electrons. The second-order valence-corrected chi connectivity index (χ2v) is 10.1. The number of anilines is 2. The number of carbonyl (C=O) groups excluding carboxylic acids is 1. The molecular weight excluding hydrogens is 577 g/mol. The molecule has 2 aromatic carbocycles. The predicted molar refractivity (Wildman–Crippen MR) is 157 cm³/mol. The number of likely N-dealkylation sites (tertiary alicyclic amines) is 1. The number of benzene rings is 2. The van der Waals surface area contributed by atoms with E-state index in [9.17, 15) is 4.79 Å². The summed E-state index contributed by atoms with van der Waals surface area (Å²) in [6.45, 7) is 4.37. The Hall–Kier alpha value is -5.37. The molecule has 3 aromatic heterocycles. The van der Waals surface area contributed by atoms with Crippen LogP contribution in [0.2, 0.25) is 0 Å². The van der Waals surface area contributed by atoms with Crippen molar-refractivity contribution in [3.05, 3.63) is 72.8 Å². The maximum absolute atomic E-state index is 15.2. The van der Waals surface area contributed by atoms with Crippen LogP contribution in [0.3, 0.4) is 0 Å². The molecule has 5 aromatic rings. The Kier molecular flexibility index (Phi) is 7.66. The monoisotopic (exact) mass is 601 g/mol. The fraction of sp³-hybridized carbons (Fsp3) is 0.172. The van der Waals surface area contributed by atoms with E-state index in [1.165, 1.54) is 43.1 Å². The van der Waals surface area contributed by atoms with Gasteiger partial charge in [-0.3, -0.25) is 4.79 Å². The zero-order valence-corrected chi connectivity index (χ0v) is 23.8. The minimum absolute atomic E-state index is 0.150. The molecule has 0 spiro atoms. The van der Waals surface area contributed by atoms with Gasteiger partial charge in [0.25, 0.3) is 5.19 Å². The largest absolute Gasteiger partial charge is 0.495 e. The third-order valence-corrected chi connectivity index (χ3v) is 7.28. The van der Waals surface area contributed by atoms with E-state index in [0.29, 0.717) is 63.6 Å². The van der Waals surface area contributed by atoms with Crippen LogP contribution >= 0.6 is 11.3 Å². The lowest BCUT2D eigenvalue weighted by molar-refractivity contribution is -0.134. The van der Waals surface area contributed by atoms with Crippen molar-refractivity contribution in [3.63, 3.8) is 0 Å². The van der Waals surface area contributed by atoms with Gasteiger partial charge in [-0.1, -0.05) is 17.9 Å². The van der Waals surface area contributed by atoms with E-state index >= 15 is 4.39 Å². The van der Waals surface area contributed by atoms with Gasteiger partial charge in [0.05, 0.1) is 44.7 Å². The van der Waals surface area contributed by atoms with Crippen LogP contribution in [0.25, 0.3) is 22.3 Å². The molecule has 12 nitrogen and oxygen atoms in total. The maximum atomic E-state index is 15.2. The highest BCUT2D eigenvalue weighted by Crippen LogP contribution is 2.37. The van der Waals surface area contributed by atoms with E-state index in [-0.39, 0.29) is 23.4 Å². The first-order valence-corrected chi connectivity index (χ1v) is 13.8. The van der Waals surface area contributed by atoms with Crippen molar-refractivity contribution in [3.8, 4) is 39.6 Å². The number of rotatable bonds is 10. The van der Waals surface area contributed by atoms with E-state index in [4.69, 9.17) is 18.9 Å². The number of halogens is 1. The lowest BCUT2D eigenvalue weighted by Crippen LogP contribution is -2.55. The molecule has 4 heterocycles. The average Bonchev–Trinajstić information content (AvgIpc) is 3.48. The van der Waals surface area contributed by atoms with Crippen LogP contribution < -0.4 is 24.3 Å². The third-order valence-electron chi connectivity index (χ3n) is 6.56. The Bertz CT molecular complexity index is 1830.